The summed E-state index contributed by atoms with van der Waals surface area (Å²) in [4.78, 5) is 26.4. The summed E-state index contributed by atoms with van der Waals surface area (Å²) in [7, 11) is 0. The fourth-order valence-electron chi connectivity index (χ4n) is 2.93. The molecule has 0 saturated carbocycles. The van der Waals surface area contributed by atoms with Gasteiger partial charge in [-0.3, -0.25) is 9.59 Å². The molecule has 0 aliphatic carbocycles. The van der Waals surface area contributed by atoms with Gasteiger partial charge in [0.1, 0.15) is 5.56 Å². The zero-order valence-corrected chi connectivity index (χ0v) is 16.0. The third-order valence-electron chi connectivity index (χ3n) is 4.22. The van der Waals surface area contributed by atoms with E-state index in [0.29, 0.717) is 11.3 Å². The predicted molar refractivity (Wildman–Crippen MR) is 115 cm³/mol. The van der Waals surface area contributed by atoms with Gasteiger partial charge in [-0.15, -0.1) is 11.3 Å². The molecule has 142 valence electrons. The molecule has 0 fully saturated rings. The average molecular weight is 400 g/mol. The van der Waals surface area contributed by atoms with Gasteiger partial charge < -0.3 is 0 Å². The second-order valence-electron chi connectivity index (χ2n) is 6.10. The van der Waals surface area contributed by atoms with Gasteiger partial charge >= 0.3 is 0 Å². The summed E-state index contributed by atoms with van der Waals surface area (Å²) in [5.41, 5.74) is 4.34. The third kappa shape index (κ3) is 4.04. The first kappa shape index (κ1) is 18.5. The minimum absolute atomic E-state index is 0.0339. The van der Waals surface area contributed by atoms with Crippen LogP contribution in [0.15, 0.2) is 88.1 Å². The molecule has 0 saturated heterocycles. The summed E-state index contributed by atoms with van der Waals surface area (Å²) in [6.07, 6.45) is 1.54. The van der Waals surface area contributed by atoms with Gasteiger partial charge in [-0.2, -0.15) is 10.2 Å². The van der Waals surface area contributed by atoms with Crippen molar-refractivity contribution in [2.45, 2.75) is 0 Å². The fraction of sp³-hybridized carbons (Fsp3) is 0. The zero-order chi connectivity index (χ0) is 20.1. The van der Waals surface area contributed by atoms with Crippen molar-refractivity contribution in [3.05, 3.63) is 99.0 Å². The molecular weight excluding hydrogens is 384 g/mol. The van der Waals surface area contributed by atoms with Crippen molar-refractivity contribution in [2.24, 2.45) is 5.10 Å². The Hall–Kier alpha value is -3.84. The van der Waals surface area contributed by atoms with Gasteiger partial charge in [0.05, 0.1) is 11.9 Å². The van der Waals surface area contributed by atoms with Crippen LogP contribution in [-0.4, -0.2) is 22.3 Å². The number of carbonyl (C=O) groups excluding carboxylic acids is 1. The number of rotatable bonds is 5. The van der Waals surface area contributed by atoms with E-state index < -0.39 is 11.5 Å². The topological polar surface area (TPSA) is 87.2 Å². The lowest BCUT2D eigenvalue weighted by Gasteiger charge is -2.12. The molecule has 2 aromatic carbocycles. The molecule has 6 nitrogen and oxygen atoms in total. The minimum Gasteiger partial charge on any atom is -0.267 e. The smallest absolute Gasteiger partial charge is 0.267 e. The number of carbonyl (C=O) groups is 1. The standard InChI is InChI=1S/C22H16N4O2S/c27-21(25-23-14-17-12-7-13-29-17)19-18(15-8-3-1-4-9-15)20(24-26-22(19)28)16-10-5-2-6-11-16/h1-14H,(H,25,27)(H,26,28). The molecule has 29 heavy (non-hydrogen) atoms. The Morgan fingerprint density at radius 3 is 2.31 bits per heavy atom. The minimum atomic E-state index is -0.600. The number of hydrogen-bond acceptors (Lipinski definition) is 5. The van der Waals surface area contributed by atoms with E-state index in [-0.39, 0.29) is 5.56 Å². The van der Waals surface area contributed by atoms with Crippen LogP contribution in [0, 0.1) is 0 Å². The van der Waals surface area contributed by atoms with E-state index in [1.807, 2.05) is 78.2 Å². The molecule has 0 unspecified atom stereocenters. The van der Waals surface area contributed by atoms with Gasteiger partial charge in [0.15, 0.2) is 0 Å². The highest BCUT2D eigenvalue weighted by Crippen LogP contribution is 2.31. The Bertz CT molecular complexity index is 1200. The van der Waals surface area contributed by atoms with Crippen molar-refractivity contribution >= 4 is 23.5 Å². The predicted octanol–water partition coefficient (Wildman–Crippen LogP) is 3.93. The maximum atomic E-state index is 12.9. The number of amides is 1. The second-order valence-corrected chi connectivity index (χ2v) is 7.08. The fourth-order valence-corrected chi connectivity index (χ4v) is 3.52. The Balaban J connectivity index is 1.82. The van der Waals surface area contributed by atoms with Crippen molar-refractivity contribution in [1.29, 1.82) is 0 Å². The van der Waals surface area contributed by atoms with Crippen LogP contribution in [0.25, 0.3) is 22.4 Å². The number of aromatic nitrogens is 2. The molecule has 1 amide bonds. The summed E-state index contributed by atoms with van der Waals surface area (Å²) in [5.74, 6) is -0.600. The van der Waals surface area contributed by atoms with Crippen LogP contribution >= 0.6 is 11.3 Å². The number of hydrazone groups is 1. The number of thiophene rings is 1. The lowest BCUT2D eigenvalue weighted by atomic mass is 9.95. The van der Waals surface area contributed by atoms with Gasteiger partial charge in [0, 0.05) is 16.0 Å². The maximum absolute atomic E-state index is 12.9. The van der Waals surface area contributed by atoms with Gasteiger partial charge in [0.25, 0.3) is 11.5 Å². The molecule has 4 rings (SSSR count). The number of H-pyrrole nitrogens is 1. The third-order valence-corrected chi connectivity index (χ3v) is 5.03. The molecule has 0 radical (unpaired) electrons. The normalized spacial score (nSPS) is 10.9. The largest absolute Gasteiger partial charge is 0.277 e. The van der Waals surface area contributed by atoms with Crippen molar-refractivity contribution < 1.29 is 4.79 Å². The highest BCUT2D eigenvalue weighted by Gasteiger charge is 2.22. The van der Waals surface area contributed by atoms with Crippen LogP contribution in [-0.2, 0) is 0 Å². The molecule has 0 atom stereocenters. The Kier molecular flexibility index (Phi) is 5.40. The monoisotopic (exact) mass is 400 g/mol. The summed E-state index contributed by atoms with van der Waals surface area (Å²) in [6.45, 7) is 0. The van der Waals surface area contributed by atoms with Crippen molar-refractivity contribution in [3.8, 4) is 22.4 Å². The first-order chi connectivity index (χ1) is 14.2. The molecule has 2 aromatic heterocycles. The van der Waals surface area contributed by atoms with Crippen LogP contribution < -0.4 is 11.0 Å². The van der Waals surface area contributed by atoms with Crippen LogP contribution in [0.3, 0.4) is 0 Å². The van der Waals surface area contributed by atoms with E-state index in [2.05, 4.69) is 20.7 Å². The average Bonchev–Trinajstić information content (AvgIpc) is 3.28. The summed E-state index contributed by atoms with van der Waals surface area (Å²) >= 11 is 1.49. The van der Waals surface area contributed by atoms with Gasteiger partial charge in [0.2, 0.25) is 0 Å². The molecule has 0 aliphatic rings. The van der Waals surface area contributed by atoms with E-state index in [9.17, 15) is 9.59 Å². The SMILES string of the molecule is O=C(NN=Cc1cccs1)c1c(-c2ccccc2)c(-c2ccccc2)n[nH]c1=O. The van der Waals surface area contributed by atoms with Crippen LogP contribution in [0.4, 0.5) is 0 Å². The molecule has 2 heterocycles. The van der Waals surface area contributed by atoms with E-state index in [4.69, 9.17) is 0 Å². The second kappa shape index (κ2) is 8.45. The Labute approximate surface area is 170 Å². The maximum Gasteiger partial charge on any atom is 0.277 e. The Morgan fingerprint density at radius 1 is 0.966 bits per heavy atom. The highest BCUT2D eigenvalue weighted by molar-refractivity contribution is 7.11. The lowest BCUT2D eigenvalue weighted by Crippen LogP contribution is -2.28. The number of benzene rings is 2. The van der Waals surface area contributed by atoms with E-state index in [1.165, 1.54) is 17.6 Å². The quantitative estimate of drug-likeness (QED) is 0.393. The zero-order valence-electron chi connectivity index (χ0n) is 15.2. The van der Waals surface area contributed by atoms with Gasteiger partial charge in [-0.1, -0.05) is 66.7 Å². The number of aromatic amines is 1. The first-order valence-corrected chi connectivity index (χ1v) is 9.72. The molecule has 0 aliphatic heterocycles. The number of nitrogens with one attached hydrogen (secondary N) is 2. The summed E-state index contributed by atoms with van der Waals surface area (Å²) in [5, 5.41) is 12.6. The van der Waals surface area contributed by atoms with Gasteiger partial charge in [-0.05, 0) is 17.0 Å². The number of nitrogens with zero attached hydrogens (tertiary/aromatic N) is 2. The summed E-state index contributed by atoms with van der Waals surface area (Å²) in [6, 6.07) is 22.4. The molecule has 0 spiro atoms. The van der Waals surface area contributed by atoms with Crippen molar-refractivity contribution in [2.75, 3.05) is 0 Å². The lowest BCUT2D eigenvalue weighted by molar-refractivity contribution is 0.0954. The summed E-state index contributed by atoms with van der Waals surface area (Å²) < 4.78 is 0. The van der Waals surface area contributed by atoms with Crippen LogP contribution in [0.2, 0.25) is 0 Å². The molecule has 7 heteroatoms. The molecule has 2 N–H and O–H groups in total. The molecular formula is C22H16N4O2S. The highest BCUT2D eigenvalue weighted by atomic mass is 32.1. The molecule has 0 bridgehead atoms. The van der Waals surface area contributed by atoms with E-state index >= 15 is 0 Å². The van der Waals surface area contributed by atoms with E-state index in [0.717, 1.165) is 16.0 Å². The first-order valence-electron chi connectivity index (χ1n) is 8.84. The number of hydrogen-bond donors (Lipinski definition) is 2. The van der Waals surface area contributed by atoms with Crippen LogP contribution in [0.5, 0.6) is 0 Å². The van der Waals surface area contributed by atoms with Crippen molar-refractivity contribution in [3.63, 3.8) is 0 Å². The van der Waals surface area contributed by atoms with Crippen molar-refractivity contribution in [1.82, 2.24) is 15.6 Å². The molecule has 4 aromatic rings. The van der Waals surface area contributed by atoms with E-state index in [1.54, 1.807) is 0 Å². The van der Waals surface area contributed by atoms with Crippen LogP contribution in [0.1, 0.15) is 15.2 Å². The van der Waals surface area contributed by atoms with Gasteiger partial charge in [-0.25, -0.2) is 10.5 Å². The Morgan fingerprint density at radius 2 is 1.66 bits per heavy atom.